The Bertz CT molecular complexity index is 973. The fraction of sp³-hybridized carbons (Fsp3) is 0.217. The van der Waals surface area contributed by atoms with Crippen LogP contribution in [0.25, 0.3) is 22.2 Å². The molecule has 3 nitrogen and oxygen atoms in total. The summed E-state index contributed by atoms with van der Waals surface area (Å²) in [6, 6.07) is 18.0. The predicted octanol–water partition coefficient (Wildman–Crippen LogP) is 5.66. The van der Waals surface area contributed by atoms with Crippen LogP contribution in [-0.4, -0.2) is 15.9 Å². The van der Waals surface area contributed by atoms with Crippen LogP contribution in [0.5, 0.6) is 0 Å². The quantitative estimate of drug-likeness (QED) is 0.260. The fourth-order valence-electron chi connectivity index (χ4n) is 2.51. The molecule has 0 bridgehead atoms. The standard InChI is InChI=1S/C18H16N.C5H8O2.Ir/c1-12-4-8-17-15(10-12)7-9-18(19-17)16-6-5-13(2)14(3)11-16;1-4(6)3-5(2)7;/h4-5,7-11H,1-3H3;3,6H,1-2H3;/q-1;;/b;4-3-;. The fourth-order valence-corrected chi connectivity index (χ4v) is 2.51. The Morgan fingerprint density at radius 3 is 2.30 bits per heavy atom. The van der Waals surface area contributed by atoms with E-state index in [9.17, 15) is 4.79 Å². The van der Waals surface area contributed by atoms with Crippen LogP contribution in [0.1, 0.15) is 30.5 Å². The number of pyridine rings is 1. The van der Waals surface area contributed by atoms with Gasteiger partial charge in [0.2, 0.25) is 0 Å². The molecule has 1 N–H and O–H groups in total. The van der Waals surface area contributed by atoms with E-state index in [1.807, 2.05) is 6.07 Å². The van der Waals surface area contributed by atoms with Crippen LogP contribution in [0.3, 0.4) is 0 Å². The maximum atomic E-state index is 10.0. The molecule has 0 aliphatic carbocycles. The largest absolute Gasteiger partial charge is 0.512 e. The molecule has 0 amide bonds. The zero-order valence-electron chi connectivity index (χ0n) is 16.3. The Morgan fingerprint density at radius 1 is 1.04 bits per heavy atom. The first-order valence-electron chi connectivity index (χ1n) is 8.51. The Balaban J connectivity index is 0.000000395. The molecule has 27 heavy (non-hydrogen) atoms. The summed E-state index contributed by atoms with van der Waals surface area (Å²) in [6.45, 7) is 9.18. The van der Waals surface area contributed by atoms with Crippen LogP contribution >= 0.6 is 0 Å². The molecule has 0 saturated heterocycles. The summed E-state index contributed by atoms with van der Waals surface area (Å²) in [5.41, 5.74) is 6.89. The molecule has 0 atom stereocenters. The van der Waals surface area contributed by atoms with Gasteiger partial charge in [-0.2, -0.15) is 0 Å². The van der Waals surface area contributed by atoms with Crippen molar-refractivity contribution in [2.45, 2.75) is 34.6 Å². The van der Waals surface area contributed by atoms with E-state index in [2.05, 4.69) is 63.2 Å². The number of carbonyl (C=O) groups excluding carboxylic acids is 1. The third-order valence-corrected chi connectivity index (χ3v) is 3.96. The van der Waals surface area contributed by atoms with Gasteiger partial charge in [-0.05, 0) is 44.0 Å². The molecule has 1 aromatic heterocycles. The Kier molecular flexibility index (Phi) is 8.55. The van der Waals surface area contributed by atoms with Crippen LogP contribution in [0, 0.1) is 26.8 Å². The molecule has 0 spiro atoms. The molecule has 0 unspecified atom stereocenters. The van der Waals surface area contributed by atoms with Gasteiger partial charge in [0.15, 0.2) is 5.78 Å². The molecule has 0 aliphatic rings. The molecular formula is C23H24IrNO2-. The first-order valence-corrected chi connectivity index (χ1v) is 8.51. The number of ketones is 1. The van der Waals surface area contributed by atoms with Crippen LogP contribution < -0.4 is 0 Å². The number of nitrogens with zero attached hydrogens (tertiary/aromatic N) is 1. The third-order valence-electron chi connectivity index (χ3n) is 3.96. The van der Waals surface area contributed by atoms with Gasteiger partial charge in [0.25, 0.3) is 0 Å². The molecule has 0 aliphatic heterocycles. The molecule has 3 rings (SSSR count). The van der Waals surface area contributed by atoms with Crippen LogP contribution in [0.4, 0.5) is 0 Å². The van der Waals surface area contributed by atoms with Crippen molar-refractivity contribution < 1.29 is 30.0 Å². The first kappa shape index (κ1) is 22.7. The SMILES string of the molecule is CC(=O)/C=C(/C)O.Cc1ccc2nc(-c3[c-]cc(C)c(C)c3)ccc2c1.[Ir]. The molecule has 1 heterocycles. The number of carbonyl (C=O) groups is 1. The van der Waals surface area contributed by atoms with Crippen LogP contribution in [-0.2, 0) is 24.9 Å². The minimum Gasteiger partial charge on any atom is -0.512 e. The number of rotatable bonds is 2. The van der Waals surface area contributed by atoms with Gasteiger partial charge in [0.05, 0.1) is 11.3 Å². The molecule has 0 saturated carbocycles. The van der Waals surface area contributed by atoms with E-state index < -0.39 is 0 Å². The summed E-state index contributed by atoms with van der Waals surface area (Å²) in [7, 11) is 0. The number of aliphatic hydroxyl groups excluding tert-OH is 1. The summed E-state index contributed by atoms with van der Waals surface area (Å²) in [6.07, 6.45) is 1.17. The molecule has 2 aromatic carbocycles. The van der Waals surface area contributed by atoms with E-state index in [1.54, 1.807) is 0 Å². The third kappa shape index (κ3) is 6.74. The Morgan fingerprint density at radius 2 is 1.74 bits per heavy atom. The second kappa shape index (κ2) is 10.1. The zero-order valence-corrected chi connectivity index (χ0v) is 18.6. The average Bonchev–Trinajstić information content (AvgIpc) is 2.56. The maximum absolute atomic E-state index is 10.0. The molecule has 4 heteroatoms. The molecular weight excluding hydrogens is 514 g/mol. The van der Waals surface area contributed by atoms with Gasteiger partial charge in [-0.15, -0.1) is 34.9 Å². The number of aliphatic hydroxyl groups is 1. The van der Waals surface area contributed by atoms with Crippen LogP contribution in [0.2, 0.25) is 0 Å². The average molecular weight is 539 g/mol. The Hall–Kier alpha value is -2.29. The van der Waals surface area contributed by atoms with Crippen LogP contribution in [0.15, 0.2) is 54.3 Å². The van der Waals surface area contributed by atoms with Gasteiger partial charge in [-0.25, -0.2) is 0 Å². The van der Waals surface area contributed by atoms with Crippen molar-refractivity contribution in [3.05, 3.63) is 77.1 Å². The summed E-state index contributed by atoms with van der Waals surface area (Å²) in [5, 5.41) is 9.55. The molecule has 3 aromatic rings. The summed E-state index contributed by atoms with van der Waals surface area (Å²) < 4.78 is 0. The van der Waals surface area contributed by atoms with E-state index >= 15 is 0 Å². The van der Waals surface area contributed by atoms with Gasteiger partial charge in [0.1, 0.15) is 0 Å². The summed E-state index contributed by atoms with van der Waals surface area (Å²) in [5.74, 6) is -0.0625. The first-order chi connectivity index (χ1) is 12.3. The van der Waals surface area contributed by atoms with Crippen molar-refractivity contribution in [3.8, 4) is 11.3 Å². The molecule has 0 fully saturated rings. The van der Waals surface area contributed by atoms with Crippen molar-refractivity contribution in [2.75, 3.05) is 0 Å². The van der Waals surface area contributed by atoms with Crippen molar-refractivity contribution in [2.24, 2.45) is 0 Å². The number of hydrogen-bond donors (Lipinski definition) is 1. The monoisotopic (exact) mass is 539 g/mol. The number of hydrogen-bond acceptors (Lipinski definition) is 3. The number of aromatic nitrogens is 1. The minimum atomic E-state index is -0.125. The minimum absolute atomic E-state index is 0. The smallest absolute Gasteiger partial charge is 0.155 e. The van der Waals surface area contributed by atoms with E-state index in [0.717, 1.165) is 16.8 Å². The van der Waals surface area contributed by atoms with Crippen molar-refractivity contribution >= 4 is 16.7 Å². The van der Waals surface area contributed by atoms with Crippen molar-refractivity contribution in [3.63, 3.8) is 0 Å². The van der Waals surface area contributed by atoms with Gasteiger partial charge in [-0.1, -0.05) is 37.6 Å². The van der Waals surface area contributed by atoms with E-state index in [4.69, 9.17) is 10.1 Å². The second-order valence-electron chi connectivity index (χ2n) is 6.50. The summed E-state index contributed by atoms with van der Waals surface area (Å²) >= 11 is 0. The van der Waals surface area contributed by atoms with E-state index in [0.29, 0.717) is 0 Å². The van der Waals surface area contributed by atoms with Crippen molar-refractivity contribution in [1.29, 1.82) is 0 Å². The molecule has 143 valence electrons. The number of fused-ring (bicyclic) bond motifs is 1. The molecule has 1 radical (unpaired) electrons. The van der Waals surface area contributed by atoms with Gasteiger partial charge in [-0.3, -0.25) is 9.78 Å². The van der Waals surface area contributed by atoms with E-state index in [1.165, 1.54) is 42.0 Å². The Labute approximate surface area is 174 Å². The van der Waals surface area contributed by atoms with Gasteiger partial charge < -0.3 is 5.11 Å². The predicted molar refractivity (Wildman–Crippen MR) is 107 cm³/mol. The normalized spacial score (nSPS) is 10.6. The zero-order chi connectivity index (χ0) is 19.3. The summed E-state index contributed by atoms with van der Waals surface area (Å²) in [4.78, 5) is 14.7. The second-order valence-corrected chi connectivity index (χ2v) is 6.50. The maximum Gasteiger partial charge on any atom is 0.155 e. The number of benzene rings is 2. The van der Waals surface area contributed by atoms with Crippen molar-refractivity contribution in [1.82, 2.24) is 4.98 Å². The van der Waals surface area contributed by atoms with E-state index in [-0.39, 0.29) is 31.6 Å². The van der Waals surface area contributed by atoms with Gasteiger partial charge >= 0.3 is 0 Å². The topological polar surface area (TPSA) is 50.2 Å². The van der Waals surface area contributed by atoms with Gasteiger partial charge in [0, 0.05) is 26.2 Å². The number of aryl methyl sites for hydroxylation is 3. The number of allylic oxidation sites excluding steroid dienone is 2.